The molecule has 0 fully saturated rings. The molecule has 0 aliphatic heterocycles. The van der Waals surface area contributed by atoms with Crippen LogP contribution in [0.4, 0.5) is 5.13 Å². The molecule has 0 aliphatic carbocycles. The van der Waals surface area contributed by atoms with Gasteiger partial charge in [-0.25, -0.2) is 4.98 Å². The van der Waals surface area contributed by atoms with Gasteiger partial charge in [-0.1, -0.05) is 26.0 Å². The molecule has 1 amide bonds. The van der Waals surface area contributed by atoms with E-state index in [1.165, 1.54) is 11.3 Å². The standard InChI is InChI=1S/C14H16N2OS2/c1-9(2)12-8-19-14(15-12)16-13(17)7-10-3-5-11(18)6-4-10/h3-6,8-9,18H,7H2,1-2H3,(H,15,16,17). The molecule has 0 saturated heterocycles. The Hall–Kier alpha value is -1.33. The van der Waals surface area contributed by atoms with Gasteiger partial charge < -0.3 is 5.32 Å². The lowest BCUT2D eigenvalue weighted by atomic mass is 10.1. The van der Waals surface area contributed by atoms with Gasteiger partial charge >= 0.3 is 0 Å². The van der Waals surface area contributed by atoms with Crippen LogP contribution in [0.1, 0.15) is 31.0 Å². The van der Waals surface area contributed by atoms with Crippen LogP contribution in [0, 0.1) is 0 Å². The summed E-state index contributed by atoms with van der Waals surface area (Å²) in [6.45, 7) is 4.17. The summed E-state index contributed by atoms with van der Waals surface area (Å²) < 4.78 is 0. The molecule has 2 rings (SSSR count). The Labute approximate surface area is 122 Å². The predicted molar refractivity (Wildman–Crippen MR) is 82.2 cm³/mol. The van der Waals surface area contributed by atoms with E-state index in [0.717, 1.165) is 16.2 Å². The van der Waals surface area contributed by atoms with E-state index in [0.29, 0.717) is 17.5 Å². The van der Waals surface area contributed by atoms with Crippen molar-refractivity contribution >= 4 is 35.0 Å². The Bertz CT molecular complexity index is 561. The van der Waals surface area contributed by atoms with Gasteiger partial charge in [-0.15, -0.1) is 24.0 Å². The van der Waals surface area contributed by atoms with Crippen LogP contribution in [0.25, 0.3) is 0 Å². The second-order valence-corrected chi connectivity index (χ2v) is 6.00. The molecule has 0 atom stereocenters. The highest BCUT2D eigenvalue weighted by Crippen LogP contribution is 2.21. The summed E-state index contributed by atoms with van der Waals surface area (Å²) in [6.07, 6.45) is 0.352. The van der Waals surface area contributed by atoms with Crippen LogP contribution >= 0.6 is 24.0 Å². The van der Waals surface area contributed by atoms with Crippen LogP contribution in [-0.2, 0) is 11.2 Å². The van der Waals surface area contributed by atoms with Gasteiger partial charge in [0.2, 0.25) is 5.91 Å². The van der Waals surface area contributed by atoms with E-state index in [1.54, 1.807) is 0 Å². The fourth-order valence-corrected chi connectivity index (χ4v) is 2.61. The number of amides is 1. The smallest absolute Gasteiger partial charge is 0.230 e. The van der Waals surface area contributed by atoms with Gasteiger partial charge in [-0.3, -0.25) is 4.79 Å². The van der Waals surface area contributed by atoms with Crippen LogP contribution in [-0.4, -0.2) is 10.9 Å². The number of hydrogen-bond acceptors (Lipinski definition) is 4. The van der Waals surface area contributed by atoms with Crippen molar-refractivity contribution in [3.05, 3.63) is 40.9 Å². The molecule has 0 spiro atoms. The third-order valence-electron chi connectivity index (χ3n) is 2.66. The summed E-state index contributed by atoms with van der Waals surface area (Å²) >= 11 is 5.68. The predicted octanol–water partition coefficient (Wildman–Crippen LogP) is 3.74. The third-order valence-corrected chi connectivity index (χ3v) is 3.73. The molecule has 19 heavy (non-hydrogen) atoms. The molecule has 1 aromatic carbocycles. The highest BCUT2D eigenvalue weighted by molar-refractivity contribution is 7.80. The number of anilines is 1. The second-order valence-electron chi connectivity index (χ2n) is 4.62. The van der Waals surface area contributed by atoms with Crippen LogP contribution in [0.2, 0.25) is 0 Å². The molecule has 0 radical (unpaired) electrons. The number of thiol groups is 1. The average molecular weight is 292 g/mol. The normalized spacial score (nSPS) is 10.7. The van der Waals surface area contributed by atoms with Crippen molar-refractivity contribution in [1.29, 1.82) is 0 Å². The highest BCUT2D eigenvalue weighted by atomic mass is 32.1. The van der Waals surface area contributed by atoms with Crippen molar-refractivity contribution in [3.8, 4) is 0 Å². The number of carbonyl (C=O) groups excluding carboxylic acids is 1. The molecule has 0 unspecified atom stereocenters. The maximum atomic E-state index is 11.9. The van der Waals surface area contributed by atoms with Crippen LogP contribution in [0.15, 0.2) is 34.5 Å². The minimum atomic E-state index is -0.0448. The number of nitrogens with one attached hydrogen (secondary N) is 1. The molecule has 5 heteroatoms. The Kier molecular flexibility index (Phi) is 4.61. The van der Waals surface area contributed by atoms with E-state index in [9.17, 15) is 4.79 Å². The average Bonchev–Trinajstić information content (AvgIpc) is 2.80. The summed E-state index contributed by atoms with van der Waals surface area (Å²) in [6, 6.07) is 7.57. The van der Waals surface area contributed by atoms with Crippen molar-refractivity contribution in [2.24, 2.45) is 0 Å². The lowest BCUT2D eigenvalue weighted by Crippen LogP contribution is -2.14. The molecular weight excluding hydrogens is 276 g/mol. The monoisotopic (exact) mass is 292 g/mol. The summed E-state index contributed by atoms with van der Waals surface area (Å²) in [5.41, 5.74) is 1.98. The summed E-state index contributed by atoms with van der Waals surface area (Å²) in [4.78, 5) is 17.2. The Balaban J connectivity index is 1.95. The Morgan fingerprint density at radius 1 is 1.37 bits per heavy atom. The fourth-order valence-electron chi connectivity index (χ4n) is 1.57. The van der Waals surface area contributed by atoms with Crippen LogP contribution in [0.5, 0.6) is 0 Å². The summed E-state index contributed by atoms with van der Waals surface area (Å²) in [7, 11) is 0. The number of aromatic nitrogens is 1. The molecule has 3 nitrogen and oxygen atoms in total. The lowest BCUT2D eigenvalue weighted by Gasteiger charge is -2.02. The number of hydrogen-bond donors (Lipinski definition) is 2. The molecule has 0 bridgehead atoms. The van der Waals surface area contributed by atoms with Gasteiger partial charge in [0.05, 0.1) is 12.1 Å². The zero-order valence-corrected chi connectivity index (χ0v) is 12.6. The van der Waals surface area contributed by atoms with E-state index < -0.39 is 0 Å². The third kappa shape index (κ3) is 4.08. The maximum absolute atomic E-state index is 11.9. The van der Waals surface area contributed by atoms with Crippen molar-refractivity contribution in [1.82, 2.24) is 4.98 Å². The molecule has 1 aromatic heterocycles. The first kappa shape index (κ1) is 14.1. The fraction of sp³-hybridized carbons (Fsp3) is 0.286. The quantitative estimate of drug-likeness (QED) is 0.843. The molecule has 1 heterocycles. The van der Waals surface area contributed by atoms with Gasteiger partial charge in [0.1, 0.15) is 0 Å². The minimum absolute atomic E-state index is 0.0448. The number of thiazole rings is 1. The maximum Gasteiger partial charge on any atom is 0.230 e. The molecule has 100 valence electrons. The molecule has 2 aromatic rings. The minimum Gasteiger partial charge on any atom is -0.302 e. The summed E-state index contributed by atoms with van der Waals surface area (Å²) in [5, 5.41) is 5.48. The number of carbonyl (C=O) groups is 1. The van der Waals surface area contributed by atoms with Crippen molar-refractivity contribution < 1.29 is 4.79 Å². The van der Waals surface area contributed by atoms with Gasteiger partial charge in [0, 0.05) is 10.3 Å². The van der Waals surface area contributed by atoms with Gasteiger partial charge in [-0.05, 0) is 23.6 Å². The highest BCUT2D eigenvalue weighted by Gasteiger charge is 2.09. The van der Waals surface area contributed by atoms with Crippen LogP contribution in [0.3, 0.4) is 0 Å². The molecular formula is C14H16N2OS2. The Morgan fingerprint density at radius 3 is 2.63 bits per heavy atom. The molecule has 0 saturated carbocycles. The SMILES string of the molecule is CC(C)c1csc(NC(=O)Cc2ccc(S)cc2)n1. The van der Waals surface area contributed by atoms with Crippen molar-refractivity contribution in [2.45, 2.75) is 31.1 Å². The van der Waals surface area contributed by atoms with Gasteiger partial charge in [-0.2, -0.15) is 0 Å². The topological polar surface area (TPSA) is 42.0 Å². The first-order chi connectivity index (χ1) is 9.04. The lowest BCUT2D eigenvalue weighted by molar-refractivity contribution is -0.115. The molecule has 0 aliphatic rings. The summed E-state index contributed by atoms with van der Waals surface area (Å²) in [5.74, 6) is 0.335. The Morgan fingerprint density at radius 2 is 2.05 bits per heavy atom. The van der Waals surface area contributed by atoms with Crippen molar-refractivity contribution in [2.75, 3.05) is 5.32 Å². The zero-order valence-electron chi connectivity index (χ0n) is 10.9. The zero-order chi connectivity index (χ0) is 13.8. The van der Waals surface area contributed by atoms with Gasteiger partial charge in [0.25, 0.3) is 0 Å². The van der Waals surface area contributed by atoms with Gasteiger partial charge in [0.15, 0.2) is 5.13 Å². The number of benzene rings is 1. The van der Waals surface area contributed by atoms with E-state index in [-0.39, 0.29) is 5.91 Å². The van der Waals surface area contributed by atoms with E-state index in [2.05, 4.69) is 36.8 Å². The second kappa shape index (κ2) is 6.21. The first-order valence-electron chi connectivity index (χ1n) is 6.08. The first-order valence-corrected chi connectivity index (χ1v) is 7.40. The van der Waals surface area contributed by atoms with E-state index in [1.807, 2.05) is 29.6 Å². The van der Waals surface area contributed by atoms with Crippen LogP contribution < -0.4 is 5.32 Å². The molecule has 1 N–H and O–H groups in total. The van der Waals surface area contributed by atoms with E-state index in [4.69, 9.17) is 0 Å². The van der Waals surface area contributed by atoms with E-state index >= 15 is 0 Å². The number of rotatable bonds is 4. The number of nitrogens with zero attached hydrogens (tertiary/aromatic N) is 1. The van der Waals surface area contributed by atoms with Crippen molar-refractivity contribution in [3.63, 3.8) is 0 Å². The largest absolute Gasteiger partial charge is 0.302 e.